The summed E-state index contributed by atoms with van der Waals surface area (Å²) in [5, 5.41) is 25.1. The maximum absolute atomic E-state index is 12.7. The summed E-state index contributed by atoms with van der Waals surface area (Å²) in [6.45, 7) is 4.78. The molecule has 33 heavy (non-hydrogen) atoms. The zero-order valence-corrected chi connectivity index (χ0v) is 18.9. The summed E-state index contributed by atoms with van der Waals surface area (Å²) in [7, 11) is 0. The molecule has 1 aromatic carbocycles. The quantitative estimate of drug-likeness (QED) is 0.228. The highest BCUT2D eigenvalue weighted by atomic mass is 16.4. The van der Waals surface area contributed by atoms with Crippen molar-refractivity contribution in [3.05, 3.63) is 35.9 Å². The van der Waals surface area contributed by atoms with Gasteiger partial charge in [-0.3, -0.25) is 19.2 Å². The Morgan fingerprint density at radius 1 is 0.879 bits per heavy atom. The van der Waals surface area contributed by atoms with Gasteiger partial charge in [-0.2, -0.15) is 0 Å². The number of rotatable bonds is 13. The molecule has 0 saturated carbocycles. The second kappa shape index (κ2) is 13.2. The molecule has 11 heteroatoms. The Labute approximate surface area is 192 Å². The van der Waals surface area contributed by atoms with Gasteiger partial charge in [-0.15, -0.1) is 0 Å². The average Bonchev–Trinajstić information content (AvgIpc) is 2.74. The third-order valence-corrected chi connectivity index (χ3v) is 4.90. The lowest BCUT2D eigenvalue weighted by Gasteiger charge is -2.25. The fourth-order valence-corrected chi connectivity index (χ4v) is 2.95. The second-order valence-corrected chi connectivity index (χ2v) is 8.09. The first-order valence-electron chi connectivity index (χ1n) is 10.6. The molecule has 182 valence electrons. The largest absolute Gasteiger partial charge is 0.481 e. The molecule has 0 fully saturated rings. The molecule has 0 aromatic heterocycles. The van der Waals surface area contributed by atoms with Crippen molar-refractivity contribution in [2.24, 2.45) is 11.7 Å². The minimum absolute atomic E-state index is 0.283. The topological polar surface area (TPSA) is 188 Å². The molecule has 0 bridgehead atoms. The third-order valence-electron chi connectivity index (χ3n) is 4.90. The van der Waals surface area contributed by atoms with Gasteiger partial charge < -0.3 is 31.9 Å². The summed E-state index contributed by atoms with van der Waals surface area (Å²) in [5.74, 6) is -4.86. The molecule has 4 atom stereocenters. The van der Waals surface area contributed by atoms with E-state index in [1.807, 2.05) is 30.3 Å². The monoisotopic (exact) mass is 464 g/mol. The number of aliphatic carboxylic acids is 2. The average molecular weight is 465 g/mol. The standard InChI is InChI=1S/C22H32N4O7/c1-12(2)18(26-20(30)15(23)11-14-7-5-4-6-8-14)21(31)24-13(3)19(29)25-16(22(32)33)9-10-17(27)28/h4-8,12-13,15-16,18H,9-11,23H2,1-3H3,(H,24,31)(H,25,29)(H,26,30)(H,27,28)(H,32,33)/t13-,15-,16-,18-/m0/s1. The molecule has 0 radical (unpaired) electrons. The Kier molecular flexibility index (Phi) is 11.0. The van der Waals surface area contributed by atoms with E-state index >= 15 is 0 Å². The van der Waals surface area contributed by atoms with E-state index in [9.17, 15) is 24.0 Å². The van der Waals surface area contributed by atoms with Crippen LogP contribution in [0.1, 0.15) is 39.2 Å². The molecule has 11 nitrogen and oxygen atoms in total. The van der Waals surface area contributed by atoms with Gasteiger partial charge in [0.25, 0.3) is 0 Å². The van der Waals surface area contributed by atoms with Crippen molar-refractivity contribution in [1.82, 2.24) is 16.0 Å². The molecule has 0 unspecified atom stereocenters. The van der Waals surface area contributed by atoms with E-state index in [0.29, 0.717) is 0 Å². The number of hydrogen-bond acceptors (Lipinski definition) is 6. The lowest BCUT2D eigenvalue weighted by Crippen LogP contribution is -2.57. The van der Waals surface area contributed by atoms with Crippen molar-refractivity contribution in [3.63, 3.8) is 0 Å². The van der Waals surface area contributed by atoms with Gasteiger partial charge in [-0.1, -0.05) is 44.2 Å². The Morgan fingerprint density at radius 3 is 2.00 bits per heavy atom. The van der Waals surface area contributed by atoms with Gasteiger partial charge >= 0.3 is 11.9 Å². The van der Waals surface area contributed by atoms with E-state index in [-0.39, 0.29) is 18.8 Å². The summed E-state index contributed by atoms with van der Waals surface area (Å²) < 4.78 is 0. The fraction of sp³-hybridized carbons (Fsp3) is 0.500. The molecule has 1 aromatic rings. The lowest BCUT2D eigenvalue weighted by molar-refractivity contribution is -0.143. The molecule has 0 aliphatic heterocycles. The molecule has 1 rings (SSSR count). The zero-order chi connectivity index (χ0) is 25.1. The van der Waals surface area contributed by atoms with Gasteiger partial charge in [0.1, 0.15) is 18.1 Å². The lowest BCUT2D eigenvalue weighted by atomic mass is 10.0. The van der Waals surface area contributed by atoms with Crippen LogP contribution >= 0.6 is 0 Å². The Morgan fingerprint density at radius 2 is 1.48 bits per heavy atom. The summed E-state index contributed by atoms with van der Waals surface area (Å²) >= 11 is 0. The summed E-state index contributed by atoms with van der Waals surface area (Å²) in [5.41, 5.74) is 6.84. The van der Waals surface area contributed by atoms with Crippen molar-refractivity contribution in [2.75, 3.05) is 0 Å². The summed E-state index contributed by atoms with van der Waals surface area (Å²) in [6, 6.07) is 4.77. The number of hydrogen-bond donors (Lipinski definition) is 6. The number of carbonyl (C=O) groups excluding carboxylic acids is 3. The highest BCUT2D eigenvalue weighted by Crippen LogP contribution is 2.06. The van der Waals surface area contributed by atoms with E-state index in [0.717, 1.165) is 5.56 Å². The second-order valence-electron chi connectivity index (χ2n) is 8.09. The van der Waals surface area contributed by atoms with Crippen LogP contribution in [0.5, 0.6) is 0 Å². The van der Waals surface area contributed by atoms with Gasteiger partial charge in [-0.05, 0) is 31.2 Å². The van der Waals surface area contributed by atoms with Gasteiger partial charge in [0.05, 0.1) is 6.04 Å². The third kappa shape index (κ3) is 9.69. The molecule has 7 N–H and O–H groups in total. The number of carboxylic acids is 2. The van der Waals surface area contributed by atoms with E-state index in [1.165, 1.54) is 6.92 Å². The van der Waals surface area contributed by atoms with Crippen LogP contribution in [0.15, 0.2) is 30.3 Å². The van der Waals surface area contributed by atoms with Crippen molar-refractivity contribution in [1.29, 1.82) is 0 Å². The molecular weight excluding hydrogens is 432 g/mol. The van der Waals surface area contributed by atoms with Crippen LogP contribution < -0.4 is 21.7 Å². The zero-order valence-electron chi connectivity index (χ0n) is 18.9. The number of carboxylic acid groups (broad SMARTS) is 2. The first kappa shape index (κ1) is 27.6. The number of carbonyl (C=O) groups is 5. The van der Waals surface area contributed by atoms with Crippen LogP contribution in [0, 0.1) is 5.92 Å². The molecule has 0 heterocycles. The minimum atomic E-state index is -1.41. The van der Waals surface area contributed by atoms with E-state index in [4.69, 9.17) is 15.9 Å². The molecular formula is C22H32N4O7. The Balaban J connectivity index is 2.71. The van der Waals surface area contributed by atoms with Gasteiger partial charge in [0.2, 0.25) is 17.7 Å². The smallest absolute Gasteiger partial charge is 0.326 e. The number of nitrogens with two attached hydrogens (primary N) is 1. The van der Waals surface area contributed by atoms with E-state index in [1.54, 1.807) is 13.8 Å². The number of amides is 3. The minimum Gasteiger partial charge on any atom is -0.481 e. The Bertz CT molecular complexity index is 844. The molecule has 0 aliphatic carbocycles. The van der Waals surface area contributed by atoms with Crippen LogP contribution in [-0.4, -0.2) is 64.0 Å². The van der Waals surface area contributed by atoms with Gasteiger partial charge in [0, 0.05) is 6.42 Å². The van der Waals surface area contributed by atoms with E-state index in [2.05, 4.69) is 16.0 Å². The van der Waals surface area contributed by atoms with Crippen molar-refractivity contribution >= 4 is 29.7 Å². The van der Waals surface area contributed by atoms with Crippen LogP contribution in [-0.2, 0) is 30.4 Å². The predicted octanol–water partition coefficient (Wildman–Crippen LogP) is -0.364. The van der Waals surface area contributed by atoms with Crippen molar-refractivity contribution < 1.29 is 34.2 Å². The van der Waals surface area contributed by atoms with Gasteiger partial charge in [0.15, 0.2) is 0 Å². The van der Waals surface area contributed by atoms with Gasteiger partial charge in [-0.25, -0.2) is 4.79 Å². The number of nitrogens with one attached hydrogen (secondary N) is 3. The Hall–Kier alpha value is -3.47. The highest BCUT2D eigenvalue weighted by molar-refractivity contribution is 5.94. The molecule has 3 amide bonds. The maximum Gasteiger partial charge on any atom is 0.326 e. The van der Waals surface area contributed by atoms with Crippen LogP contribution in [0.2, 0.25) is 0 Å². The van der Waals surface area contributed by atoms with E-state index < -0.39 is 60.2 Å². The summed E-state index contributed by atoms with van der Waals surface area (Å²) in [6.07, 6.45) is -0.464. The van der Waals surface area contributed by atoms with Crippen LogP contribution in [0.3, 0.4) is 0 Å². The van der Waals surface area contributed by atoms with Crippen LogP contribution in [0.4, 0.5) is 0 Å². The highest BCUT2D eigenvalue weighted by Gasteiger charge is 2.30. The summed E-state index contributed by atoms with van der Waals surface area (Å²) in [4.78, 5) is 59.5. The fourth-order valence-electron chi connectivity index (χ4n) is 2.95. The maximum atomic E-state index is 12.7. The normalized spacial score (nSPS) is 14.5. The molecule has 0 saturated heterocycles. The molecule has 0 aliphatic rings. The van der Waals surface area contributed by atoms with Crippen LogP contribution in [0.25, 0.3) is 0 Å². The number of benzene rings is 1. The van der Waals surface area contributed by atoms with Crippen molar-refractivity contribution in [3.8, 4) is 0 Å². The SMILES string of the molecule is CC(C)[C@H](NC(=O)[C@@H](N)Cc1ccccc1)C(=O)N[C@@H](C)C(=O)N[C@@H](CCC(=O)O)C(=O)O. The van der Waals surface area contributed by atoms with Crippen molar-refractivity contribution in [2.45, 2.75) is 64.2 Å². The first-order chi connectivity index (χ1) is 15.4. The molecule has 0 spiro atoms. The first-order valence-corrected chi connectivity index (χ1v) is 10.6. The predicted molar refractivity (Wildman–Crippen MR) is 119 cm³/mol.